The first-order valence-corrected chi connectivity index (χ1v) is 10.6. The fourth-order valence-electron chi connectivity index (χ4n) is 3.98. The second-order valence-corrected chi connectivity index (χ2v) is 8.61. The highest BCUT2D eigenvalue weighted by molar-refractivity contribution is 6.30. The van der Waals surface area contributed by atoms with Crippen molar-refractivity contribution in [1.82, 2.24) is 5.32 Å². The number of phenols is 1. The zero-order valence-electron chi connectivity index (χ0n) is 17.0. The van der Waals surface area contributed by atoms with Crippen LogP contribution >= 0.6 is 11.6 Å². The van der Waals surface area contributed by atoms with E-state index in [1.165, 1.54) is 6.07 Å². The highest BCUT2D eigenvalue weighted by Gasteiger charge is 2.30. The van der Waals surface area contributed by atoms with Gasteiger partial charge in [0.05, 0.1) is 12.2 Å². The van der Waals surface area contributed by atoms with Crippen LogP contribution in [-0.2, 0) is 6.54 Å². The van der Waals surface area contributed by atoms with E-state index in [0.29, 0.717) is 34.4 Å². The fourth-order valence-corrected chi connectivity index (χ4v) is 4.14. The molecule has 0 saturated heterocycles. The van der Waals surface area contributed by atoms with Crippen molar-refractivity contribution >= 4 is 29.1 Å². The molecule has 1 heterocycles. The quantitative estimate of drug-likeness (QED) is 0.604. The van der Waals surface area contributed by atoms with Crippen molar-refractivity contribution in [3.05, 3.63) is 81.9 Å². The predicted molar refractivity (Wildman–Crippen MR) is 121 cm³/mol. The summed E-state index contributed by atoms with van der Waals surface area (Å²) in [6.45, 7) is 2.37. The molecule has 6 heteroatoms. The summed E-state index contributed by atoms with van der Waals surface area (Å²) in [6.07, 6.45) is 2.09. The summed E-state index contributed by atoms with van der Waals surface area (Å²) in [6, 6.07) is 16.5. The second-order valence-electron chi connectivity index (χ2n) is 8.17. The first-order valence-electron chi connectivity index (χ1n) is 10.3. The van der Waals surface area contributed by atoms with Crippen molar-refractivity contribution < 1.29 is 14.7 Å². The molecule has 2 amide bonds. The molecule has 0 aromatic heterocycles. The molecule has 1 aliphatic heterocycles. The van der Waals surface area contributed by atoms with Crippen LogP contribution in [0.2, 0.25) is 5.02 Å². The fraction of sp³-hybridized carbons (Fsp3) is 0.200. The molecule has 5 nitrogen and oxygen atoms in total. The molecule has 2 aliphatic rings. The summed E-state index contributed by atoms with van der Waals surface area (Å²) < 4.78 is 0. The minimum atomic E-state index is -0.159. The number of amides is 2. The minimum Gasteiger partial charge on any atom is -0.506 e. The number of aromatic hydroxyl groups is 1. The molecule has 5 rings (SSSR count). The maximum Gasteiger partial charge on any atom is 0.259 e. The van der Waals surface area contributed by atoms with Gasteiger partial charge in [-0.2, -0.15) is 0 Å². The number of rotatable bonds is 4. The summed E-state index contributed by atoms with van der Waals surface area (Å²) >= 11 is 5.93. The van der Waals surface area contributed by atoms with Crippen LogP contribution in [0.25, 0.3) is 11.1 Å². The van der Waals surface area contributed by atoms with Gasteiger partial charge in [-0.3, -0.25) is 9.59 Å². The molecule has 1 aliphatic carbocycles. The number of phenolic OH excluding ortho intramolecular Hbond substituents is 1. The Bertz CT molecular complexity index is 1230. The van der Waals surface area contributed by atoms with E-state index in [0.717, 1.165) is 35.1 Å². The lowest BCUT2D eigenvalue weighted by atomic mass is 9.95. The highest BCUT2D eigenvalue weighted by atomic mass is 35.5. The van der Waals surface area contributed by atoms with E-state index in [1.54, 1.807) is 17.0 Å². The van der Waals surface area contributed by atoms with Crippen LogP contribution in [0.1, 0.15) is 44.7 Å². The van der Waals surface area contributed by atoms with Crippen LogP contribution in [0, 0.1) is 6.92 Å². The number of benzene rings is 3. The summed E-state index contributed by atoms with van der Waals surface area (Å²) in [5.74, 6) is -0.239. The highest BCUT2D eigenvalue weighted by Crippen LogP contribution is 2.37. The lowest BCUT2D eigenvalue weighted by Crippen LogP contribution is -2.25. The summed E-state index contributed by atoms with van der Waals surface area (Å²) in [7, 11) is 0. The average Bonchev–Trinajstić information content (AvgIpc) is 3.50. The second kappa shape index (κ2) is 7.43. The number of carbonyl (C=O) groups is 2. The monoisotopic (exact) mass is 432 g/mol. The van der Waals surface area contributed by atoms with Gasteiger partial charge >= 0.3 is 0 Å². The molecule has 0 bridgehead atoms. The van der Waals surface area contributed by atoms with Crippen molar-refractivity contribution in [3.8, 4) is 16.9 Å². The van der Waals surface area contributed by atoms with Gasteiger partial charge in [-0.1, -0.05) is 23.7 Å². The number of hydrogen-bond donors (Lipinski definition) is 2. The lowest BCUT2D eigenvalue weighted by Gasteiger charge is -2.17. The van der Waals surface area contributed by atoms with Gasteiger partial charge in [-0.05, 0) is 78.4 Å². The van der Waals surface area contributed by atoms with Crippen molar-refractivity contribution in [2.45, 2.75) is 32.4 Å². The Balaban J connectivity index is 1.47. The number of hydrogen-bond acceptors (Lipinski definition) is 3. The number of aryl methyl sites for hydroxylation is 1. The topological polar surface area (TPSA) is 69.6 Å². The Kier molecular flexibility index (Phi) is 4.71. The molecule has 1 fully saturated rings. The Morgan fingerprint density at radius 3 is 2.61 bits per heavy atom. The first-order chi connectivity index (χ1) is 14.9. The third kappa shape index (κ3) is 3.66. The van der Waals surface area contributed by atoms with Crippen molar-refractivity contribution in [1.29, 1.82) is 0 Å². The SMILES string of the molecule is Cc1ccc(C(=O)NC2CC2)cc1-c1ccc2c(c1)CN(c1ccc(Cl)cc1O)C2=O. The summed E-state index contributed by atoms with van der Waals surface area (Å²) in [5.41, 5.74) is 5.53. The van der Waals surface area contributed by atoms with Gasteiger partial charge < -0.3 is 15.3 Å². The number of nitrogens with one attached hydrogen (secondary N) is 1. The number of nitrogens with zero attached hydrogens (tertiary/aromatic N) is 1. The zero-order valence-corrected chi connectivity index (χ0v) is 17.7. The van der Waals surface area contributed by atoms with Gasteiger partial charge in [-0.25, -0.2) is 0 Å². The zero-order chi connectivity index (χ0) is 21.7. The number of fused-ring (bicyclic) bond motifs is 1. The number of anilines is 1. The maximum absolute atomic E-state index is 12.9. The largest absolute Gasteiger partial charge is 0.506 e. The van der Waals surface area contributed by atoms with E-state index in [9.17, 15) is 14.7 Å². The van der Waals surface area contributed by atoms with Crippen molar-refractivity contribution in [2.24, 2.45) is 0 Å². The van der Waals surface area contributed by atoms with Gasteiger partial charge in [0, 0.05) is 28.3 Å². The van der Waals surface area contributed by atoms with Gasteiger partial charge in [0.2, 0.25) is 0 Å². The number of halogens is 1. The molecule has 3 aromatic rings. The predicted octanol–water partition coefficient (Wildman–Crippen LogP) is 5.07. The van der Waals surface area contributed by atoms with E-state index in [4.69, 9.17) is 11.6 Å². The van der Waals surface area contributed by atoms with Crippen LogP contribution in [-0.4, -0.2) is 23.0 Å². The van der Waals surface area contributed by atoms with E-state index in [-0.39, 0.29) is 17.6 Å². The molecule has 0 atom stereocenters. The summed E-state index contributed by atoms with van der Waals surface area (Å²) in [5, 5.41) is 13.7. The molecule has 1 saturated carbocycles. The van der Waals surface area contributed by atoms with Gasteiger partial charge in [0.15, 0.2) is 0 Å². The molecule has 0 radical (unpaired) electrons. The third-order valence-corrected chi connectivity index (χ3v) is 6.10. The van der Waals surface area contributed by atoms with Gasteiger partial charge in [0.25, 0.3) is 11.8 Å². The molecule has 3 aromatic carbocycles. The molecule has 31 heavy (non-hydrogen) atoms. The Labute approximate surface area is 185 Å². The van der Waals surface area contributed by atoms with E-state index in [2.05, 4.69) is 5.32 Å². The average molecular weight is 433 g/mol. The van der Waals surface area contributed by atoms with E-state index < -0.39 is 0 Å². The lowest BCUT2D eigenvalue weighted by molar-refractivity contribution is 0.0949. The van der Waals surface area contributed by atoms with Crippen LogP contribution in [0.15, 0.2) is 54.6 Å². The van der Waals surface area contributed by atoms with Crippen LogP contribution < -0.4 is 10.2 Å². The smallest absolute Gasteiger partial charge is 0.259 e. The Morgan fingerprint density at radius 2 is 1.87 bits per heavy atom. The van der Waals surface area contributed by atoms with Crippen molar-refractivity contribution in [2.75, 3.05) is 4.90 Å². The van der Waals surface area contributed by atoms with E-state index in [1.807, 2.05) is 43.3 Å². The standard InChI is InChI=1S/C25H21ClN2O3/c1-14-2-3-16(24(30)27-19-6-7-19)11-21(14)15-4-8-20-17(10-15)13-28(25(20)31)22-9-5-18(26)12-23(22)29/h2-5,8-12,19,29H,6-7,13H2,1H3,(H,27,30). The molecular formula is C25H21ClN2O3. The van der Waals surface area contributed by atoms with Crippen molar-refractivity contribution in [3.63, 3.8) is 0 Å². The molecule has 0 spiro atoms. The van der Waals surface area contributed by atoms with Crippen LogP contribution in [0.5, 0.6) is 5.75 Å². The van der Waals surface area contributed by atoms with Gasteiger partial charge in [0.1, 0.15) is 5.75 Å². The van der Waals surface area contributed by atoms with Crippen LogP contribution in [0.4, 0.5) is 5.69 Å². The Hall–Kier alpha value is -3.31. The minimum absolute atomic E-state index is 0.0286. The first kappa shape index (κ1) is 19.6. The molecular weight excluding hydrogens is 412 g/mol. The summed E-state index contributed by atoms with van der Waals surface area (Å²) in [4.78, 5) is 27.0. The third-order valence-electron chi connectivity index (χ3n) is 5.86. The van der Waals surface area contributed by atoms with E-state index >= 15 is 0 Å². The maximum atomic E-state index is 12.9. The Morgan fingerprint density at radius 1 is 1.06 bits per heavy atom. The van der Waals surface area contributed by atoms with Gasteiger partial charge in [-0.15, -0.1) is 0 Å². The number of carbonyl (C=O) groups excluding carboxylic acids is 2. The molecule has 2 N–H and O–H groups in total. The normalized spacial score (nSPS) is 15.2. The molecule has 156 valence electrons. The van der Waals surface area contributed by atoms with Crippen LogP contribution in [0.3, 0.4) is 0 Å². The molecule has 0 unspecified atom stereocenters.